The van der Waals surface area contributed by atoms with Crippen molar-refractivity contribution in [3.63, 3.8) is 0 Å². The van der Waals surface area contributed by atoms with E-state index in [0.717, 1.165) is 11.1 Å². The Bertz CT molecular complexity index is 829. The van der Waals surface area contributed by atoms with Crippen LogP contribution in [0.1, 0.15) is 30.5 Å². The van der Waals surface area contributed by atoms with Crippen molar-refractivity contribution in [2.24, 2.45) is 0 Å². The molecule has 0 aromatic heterocycles. The van der Waals surface area contributed by atoms with Gasteiger partial charge in [0.1, 0.15) is 6.04 Å². The largest absolute Gasteiger partial charge is 0.337 e. The molecule has 1 aliphatic heterocycles. The van der Waals surface area contributed by atoms with Gasteiger partial charge in [-0.3, -0.25) is 4.79 Å². The summed E-state index contributed by atoms with van der Waals surface area (Å²) in [4.78, 5) is 14.6. The van der Waals surface area contributed by atoms with Crippen molar-refractivity contribution in [1.29, 1.82) is 0 Å². The number of hydrogen-bond donors (Lipinski definition) is 1. The highest BCUT2D eigenvalue weighted by molar-refractivity contribution is 7.91. The minimum Gasteiger partial charge on any atom is -0.337 e. The molecular formula is C21H27N2O3S+. The summed E-state index contributed by atoms with van der Waals surface area (Å²) in [5.41, 5.74) is 2.27. The van der Waals surface area contributed by atoms with Crippen LogP contribution < -0.4 is 5.32 Å². The molecule has 0 bridgehead atoms. The summed E-state index contributed by atoms with van der Waals surface area (Å²) in [6, 6.07) is 19.7. The van der Waals surface area contributed by atoms with Crippen LogP contribution in [0.4, 0.5) is 0 Å². The SMILES string of the molecule is C[C@@H]([NH2+]C(c1ccccc1)c1ccccc1)C(=O)N(C)[C@@H]1CCS(=O)(=O)C1. The molecule has 6 heteroatoms. The molecule has 0 saturated carbocycles. The molecule has 2 N–H and O–H groups in total. The van der Waals surface area contributed by atoms with Crippen molar-refractivity contribution in [3.8, 4) is 0 Å². The summed E-state index contributed by atoms with van der Waals surface area (Å²) in [6.07, 6.45) is 0.526. The summed E-state index contributed by atoms with van der Waals surface area (Å²) < 4.78 is 23.5. The number of quaternary nitrogens is 1. The number of benzene rings is 2. The van der Waals surface area contributed by atoms with Crippen molar-refractivity contribution < 1.29 is 18.5 Å². The Morgan fingerprint density at radius 1 is 1.04 bits per heavy atom. The normalized spacial score (nSPS) is 19.7. The van der Waals surface area contributed by atoms with Gasteiger partial charge in [-0.1, -0.05) is 60.7 Å². The van der Waals surface area contributed by atoms with Crippen molar-refractivity contribution in [1.82, 2.24) is 4.90 Å². The lowest BCUT2D eigenvalue weighted by Gasteiger charge is -2.27. The number of nitrogens with zero attached hydrogens (tertiary/aromatic N) is 1. The molecule has 144 valence electrons. The molecule has 2 aromatic carbocycles. The van der Waals surface area contributed by atoms with Gasteiger partial charge in [-0.2, -0.15) is 0 Å². The molecule has 0 spiro atoms. The van der Waals surface area contributed by atoms with Crippen LogP contribution in [-0.4, -0.2) is 49.9 Å². The highest BCUT2D eigenvalue weighted by Crippen LogP contribution is 2.19. The predicted octanol–water partition coefficient (Wildman–Crippen LogP) is 1.37. The van der Waals surface area contributed by atoms with E-state index in [1.165, 1.54) is 0 Å². The van der Waals surface area contributed by atoms with E-state index in [9.17, 15) is 13.2 Å². The number of likely N-dealkylation sites (N-methyl/N-ethyl adjacent to an activating group) is 1. The Morgan fingerprint density at radius 3 is 2.00 bits per heavy atom. The lowest BCUT2D eigenvalue weighted by molar-refractivity contribution is -0.705. The first-order valence-corrected chi connectivity index (χ1v) is 11.1. The van der Waals surface area contributed by atoms with Gasteiger partial charge in [0.15, 0.2) is 15.9 Å². The van der Waals surface area contributed by atoms with E-state index in [2.05, 4.69) is 29.6 Å². The number of carbonyl (C=O) groups excluding carboxylic acids is 1. The van der Waals surface area contributed by atoms with Crippen molar-refractivity contribution >= 4 is 15.7 Å². The topological polar surface area (TPSA) is 71.1 Å². The Kier molecular flexibility index (Phi) is 5.97. The van der Waals surface area contributed by atoms with Gasteiger partial charge >= 0.3 is 0 Å². The van der Waals surface area contributed by atoms with E-state index in [1.54, 1.807) is 11.9 Å². The quantitative estimate of drug-likeness (QED) is 0.814. The monoisotopic (exact) mass is 387 g/mol. The Balaban J connectivity index is 1.76. The molecule has 1 saturated heterocycles. The van der Waals surface area contributed by atoms with Crippen molar-refractivity contribution in [3.05, 3.63) is 71.8 Å². The predicted molar refractivity (Wildman–Crippen MR) is 106 cm³/mol. The van der Waals surface area contributed by atoms with Crippen LogP contribution in [0, 0.1) is 0 Å². The molecule has 3 rings (SSSR count). The lowest BCUT2D eigenvalue weighted by Crippen LogP contribution is -2.92. The molecule has 1 amide bonds. The van der Waals surface area contributed by atoms with Gasteiger partial charge in [0.05, 0.1) is 11.5 Å². The average Bonchev–Trinajstić information content (AvgIpc) is 3.06. The zero-order valence-corrected chi connectivity index (χ0v) is 16.6. The van der Waals surface area contributed by atoms with E-state index in [0.29, 0.717) is 6.42 Å². The molecule has 5 nitrogen and oxygen atoms in total. The number of carbonyl (C=O) groups is 1. The molecule has 2 aromatic rings. The molecule has 0 radical (unpaired) electrons. The fraction of sp³-hybridized carbons (Fsp3) is 0.381. The van der Waals surface area contributed by atoms with Crippen LogP contribution in [0.3, 0.4) is 0 Å². The smallest absolute Gasteiger partial charge is 0.280 e. The van der Waals surface area contributed by atoms with Gasteiger partial charge in [-0.15, -0.1) is 0 Å². The van der Waals surface area contributed by atoms with Crippen LogP contribution in [0.5, 0.6) is 0 Å². The van der Waals surface area contributed by atoms with Crippen LogP contribution in [-0.2, 0) is 14.6 Å². The number of nitrogens with two attached hydrogens (primary N) is 1. The zero-order valence-electron chi connectivity index (χ0n) is 15.8. The molecule has 0 aliphatic carbocycles. The number of sulfone groups is 1. The van der Waals surface area contributed by atoms with Gasteiger partial charge in [0, 0.05) is 24.2 Å². The maximum absolute atomic E-state index is 12.9. The highest BCUT2D eigenvalue weighted by atomic mass is 32.2. The van der Waals surface area contributed by atoms with Gasteiger partial charge in [-0.25, -0.2) is 8.42 Å². The Hall–Kier alpha value is -2.18. The standard InChI is InChI=1S/C21H26N2O3S/c1-16(21(24)23(2)19-13-14-27(25,26)15-19)22-20(17-9-5-3-6-10-17)18-11-7-4-8-12-18/h3-12,16,19-20,22H,13-15H2,1-2H3/p+1/t16-,19-/m1/s1. The van der Waals surface area contributed by atoms with Gasteiger partial charge < -0.3 is 10.2 Å². The summed E-state index contributed by atoms with van der Waals surface area (Å²) >= 11 is 0. The van der Waals surface area contributed by atoms with E-state index in [4.69, 9.17) is 0 Å². The maximum Gasteiger partial charge on any atom is 0.280 e. The maximum atomic E-state index is 12.9. The third kappa shape index (κ3) is 4.76. The number of amides is 1. The lowest BCUT2D eigenvalue weighted by atomic mass is 9.97. The average molecular weight is 388 g/mol. The molecule has 27 heavy (non-hydrogen) atoms. The van der Waals surface area contributed by atoms with Crippen LogP contribution in [0.25, 0.3) is 0 Å². The summed E-state index contributed by atoms with van der Waals surface area (Å²) in [7, 11) is -1.29. The first-order valence-electron chi connectivity index (χ1n) is 9.29. The summed E-state index contributed by atoms with van der Waals surface area (Å²) in [5.74, 6) is 0.209. The molecule has 1 fully saturated rings. The molecule has 1 heterocycles. The Labute approximate surface area is 161 Å². The van der Waals surface area contributed by atoms with Gasteiger partial charge in [0.2, 0.25) is 0 Å². The Morgan fingerprint density at radius 2 is 1.56 bits per heavy atom. The molecule has 2 atom stereocenters. The molecule has 0 unspecified atom stereocenters. The minimum atomic E-state index is -3.01. The van der Waals surface area contributed by atoms with E-state index >= 15 is 0 Å². The third-order valence-electron chi connectivity index (χ3n) is 5.29. The van der Waals surface area contributed by atoms with Gasteiger partial charge in [-0.05, 0) is 13.3 Å². The fourth-order valence-corrected chi connectivity index (χ4v) is 5.46. The second-order valence-corrected chi connectivity index (χ2v) is 9.51. The fourth-order valence-electron chi connectivity index (χ4n) is 3.69. The number of hydrogen-bond acceptors (Lipinski definition) is 3. The second kappa shape index (κ2) is 8.23. The van der Waals surface area contributed by atoms with Crippen LogP contribution in [0.2, 0.25) is 0 Å². The summed E-state index contributed by atoms with van der Waals surface area (Å²) in [5, 5.41) is 2.06. The first kappa shape index (κ1) is 19.6. The van der Waals surface area contributed by atoms with Gasteiger partial charge in [0.25, 0.3) is 5.91 Å². The van der Waals surface area contributed by atoms with Crippen molar-refractivity contribution in [2.45, 2.75) is 31.5 Å². The summed E-state index contributed by atoms with van der Waals surface area (Å²) in [6.45, 7) is 1.89. The first-order chi connectivity index (χ1) is 12.9. The van der Waals surface area contributed by atoms with Crippen LogP contribution in [0.15, 0.2) is 60.7 Å². The minimum absolute atomic E-state index is 0.00654. The van der Waals surface area contributed by atoms with Crippen LogP contribution >= 0.6 is 0 Å². The molecular weight excluding hydrogens is 360 g/mol. The van der Waals surface area contributed by atoms with E-state index in [-0.39, 0.29) is 35.5 Å². The number of rotatable bonds is 6. The second-order valence-electron chi connectivity index (χ2n) is 7.29. The highest BCUT2D eigenvalue weighted by Gasteiger charge is 2.35. The van der Waals surface area contributed by atoms with E-state index < -0.39 is 9.84 Å². The molecule has 1 aliphatic rings. The zero-order chi connectivity index (χ0) is 19.4. The third-order valence-corrected chi connectivity index (χ3v) is 7.04. The van der Waals surface area contributed by atoms with Crippen molar-refractivity contribution in [2.75, 3.05) is 18.6 Å². The van der Waals surface area contributed by atoms with E-state index in [1.807, 2.05) is 43.3 Å².